The molecular formula is C19H19F3N4O. The monoisotopic (exact) mass is 376 g/mol. The van der Waals surface area contributed by atoms with Crippen LogP contribution >= 0.6 is 0 Å². The van der Waals surface area contributed by atoms with Gasteiger partial charge in [0.05, 0.1) is 11.3 Å². The minimum atomic E-state index is -4.39. The van der Waals surface area contributed by atoms with Crippen molar-refractivity contribution < 1.29 is 18.0 Å². The van der Waals surface area contributed by atoms with Crippen molar-refractivity contribution in [2.75, 3.05) is 7.05 Å². The average Bonchev–Trinajstić information content (AvgIpc) is 3.23. The van der Waals surface area contributed by atoms with Gasteiger partial charge in [0, 0.05) is 37.9 Å². The van der Waals surface area contributed by atoms with Gasteiger partial charge in [-0.1, -0.05) is 18.2 Å². The molecule has 0 aliphatic rings. The zero-order chi connectivity index (χ0) is 19.6. The Labute approximate surface area is 154 Å². The summed E-state index contributed by atoms with van der Waals surface area (Å²) in [4.78, 5) is 14.2. The smallest absolute Gasteiger partial charge is 0.337 e. The van der Waals surface area contributed by atoms with E-state index in [4.69, 9.17) is 0 Å². The molecule has 0 atom stereocenters. The predicted octanol–water partition coefficient (Wildman–Crippen LogP) is 3.82. The van der Waals surface area contributed by atoms with Gasteiger partial charge in [-0.05, 0) is 30.7 Å². The van der Waals surface area contributed by atoms with Gasteiger partial charge in [-0.2, -0.15) is 18.3 Å². The van der Waals surface area contributed by atoms with Gasteiger partial charge in [-0.15, -0.1) is 0 Å². The van der Waals surface area contributed by atoms with Crippen molar-refractivity contribution in [3.8, 4) is 5.69 Å². The van der Waals surface area contributed by atoms with Gasteiger partial charge >= 0.3 is 6.18 Å². The highest BCUT2D eigenvalue weighted by molar-refractivity contribution is 5.94. The predicted molar refractivity (Wildman–Crippen MR) is 94.6 cm³/mol. The van der Waals surface area contributed by atoms with E-state index in [2.05, 4.69) is 5.10 Å². The van der Waals surface area contributed by atoms with Crippen LogP contribution in [0.25, 0.3) is 5.69 Å². The highest BCUT2D eigenvalue weighted by atomic mass is 19.4. The molecule has 2 heterocycles. The summed E-state index contributed by atoms with van der Waals surface area (Å²) in [6.45, 7) is 0.625. The van der Waals surface area contributed by atoms with E-state index >= 15 is 0 Å². The molecule has 3 aromatic rings. The third-order valence-corrected chi connectivity index (χ3v) is 4.15. The third kappa shape index (κ3) is 4.39. The van der Waals surface area contributed by atoms with Gasteiger partial charge in [0.2, 0.25) is 0 Å². The summed E-state index contributed by atoms with van der Waals surface area (Å²) in [5, 5.41) is 3.81. The molecule has 0 N–H and O–H groups in total. The molecule has 142 valence electrons. The van der Waals surface area contributed by atoms with Crippen LogP contribution in [0, 0.1) is 6.92 Å². The number of nitrogens with zero attached hydrogens (tertiary/aromatic N) is 4. The van der Waals surface area contributed by atoms with Crippen molar-refractivity contribution >= 4 is 5.91 Å². The molecule has 0 fully saturated rings. The van der Waals surface area contributed by atoms with Crippen LogP contribution in [0.3, 0.4) is 0 Å². The first kappa shape index (κ1) is 18.8. The SMILES string of the molecule is Cc1nn(CC(F)(F)F)cc1C(=O)N(C)Cc1ccccc1-n1cccc1. The lowest BCUT2D eigenvalue weighted by atomic mass is 10.1. The van der Waals surface area contributed by atoms with Gasteiger partial charge in [0.15, 0.2) is 0 Å². The average molecular weight is 376 g/mol. The summed E-state index contributed by atoms with van der Waals surface area (Å²) in [6, 6.07) is 11.5. The Morgan fingerprint density at radius 3 is 2.48 bits per heavy atom. The molecule has 0 aliphatic carbocycles. The summed E-state index contributed by atoms with van der Waals surface area (Å²) in [6.07, 6.45) is 0.581. The zero-order valence-corrected chi connectivity index (χ0v) is 14.9. The third-order valence-electron chi connectivity index (χ3n) is 4.15. The van der Waals surface area contributed by atoms with Crippen LogP contribution in [0.15, 0.2) is 55.0 Å². The van der Waals surface area contributed by atoms with Gasteiger partial charge < -0.3 is 9.47 Å². The van der Waals surface area contributed by atoms with Crippen LogP contribution < -0.4 is 0 Å². The molecule has 0 aliphatic heterocycles. The van der Waals surface area contributed by atoms with E-state index < -0.39 is 12.7 Å². The highest BCUT2D eigenvalue weighted by Crippen LogP contribution is 2.20. The van der Waals surface area contributed by atoms with Crippen molar-refractivity contribution in [2.45, 2.75) is 26.2 Å². The molecule has 0 spiro atoms. The second kappa shape index (κ2) is 7.30. The number of halogens is 3. The quantitative estimate of drug-likeness (QED) is 0.680. The van der Waals surface area contributed by atoms with Crippen molar-refractivity contribution in [3.63, 3.8) is 0 Å². The molecule has 0 saturated heterocycles. The van der Waals surface area contributed by atoms with E-state index in [-0.39, 0.29) is 17.2 Å². The largest absolute Gasteiger partial charge is 0.408 e. The Bertz CT molecular complexity index is 929. The van der Waals surface area contributed by atoms with E-state index in [1.54, 1.807) is 7.05 Å². The van der Waals surface area contributed by atoms with Crippen molar-refractivity contribution in [1.29, 1.82) is 0 Å². The van der Waals surface area contributed by atoms with Crippen molar-refractivity contribution in [1.82, 2.24) is 19.2 Å². The number of rotatable bonds is 5. The summed E-state index contributed by atoms with van der Waals surface area (Å²) in [7, 11) is 1.62. The van der Waals surface area contributed by atoms with Gasteiger partial charge in [0.25, 0.3) is 5.91 Å². The number of carbonyl (C=O) groups excluding carboxylic acids is 1. The second-order valence-corrected chi connectivity index (χ2v) is 6.32. The number of alkyl halides is 3. The summed E-state index contributed by atoms with van der Waals surface area (Å²) >= 11 is 0. The first-order valence-electron chi connectivity index (χ1n) is 8.32. The Morgan fingerprint density at radius 2 is 1.81 bits per heavy atom. The number of hydrogen-bond donors (Lipinski definition) is 0. The summed E-state index contributed by atoms with van der Waals surface area (Å²) in [5.41, 5.74) is 2.30. The Kier molecular flexibility index (Phi) is 5.07. The molecular weight excluding hydrogens is 357 g/mol. The van der Waals surface area contributed by atoms with E-state index in [9.17, 15) is 18.0 Å². The Morgan fingerprint density at radius 1 is 1.15 bits per heavy atom. The van der Waals surface area contributed by atoms with Gasteiger partial charge in [-0.3, -0.25) is 9.48 Å². The molecule has 5 nitrogen and oxygen atoms in total. The summed E-state index contributed by atoms with van der Waals surface area (Å²) in [5.74, 6) is -0.372. The number of benzene rings is 1. The van der Waals surface area contributed by atoms with Gasteiger partial charge in [0.1, 0.15) is 6.54 Å². The van der Waals surface area contributed by atoms with E-state index in [0.717, 1.165) is 22.1 Å². The maximum absolute atomic E-state index is 12.7. The van der Waals surface area contributed by atoms with E-state index in [1.807, 2.05) is 53.4 Å². The molecule has 0 bridgehead atoms. The fourth-order valence-corrected chi connectivity index (χ4v) is 2.92. The van der Waals surface area contributed by atoms with Crippen LogP contribution in [0.4, 0.5) is 13.2 Å². The number of amides is 1. The van der Waals surface area contributed by atoms with Crippen LogP contribution in [0.5, 0.6) is 0 Å². The highest BCUT2D eigenvalue weighted by Gasteiger charge is 2.29. The molecule has 1 aromatic carbocycles. The first-order chi connectivity index (χ1) is 12.7. The van der Waals surface area contributed by atoms with Gasteiger partial charge in [-0.25, -0.2) is 0 Å². The maximum atomic E-state index is 12.7. The molecule has 0 saturated carbocycles. The fourth-order valence-electron chi connectivity index (χ4n) is 2.92. The molecule has 8 heteroatoms. The number of aromatic nitrogens is 3. The lowest BCUT2D eigenvalue weighted by Crippen LogP contribution is -2.27. The number of carbonyl (C=O) groups is 1. The molecule has 0 unspecified atom stereocenters. The molecule has 1 amide bonds. The first-order valence-corrected chi connectivity index (χ1v) is 8.32. The zero-order valence-electron chi connectivity index (χ0n) is 14.9. The van der Waals surface area contributed by atoms with Crippen molar-refractivity contribution in [2.24, 2.45) is 0 Å². The van der Waals surface area contributed by atoms with Crippen LogP contribution in [-0.2, 0) is 13.1 Å². The summed E-state index contributed by atoms with van der Waals surface area (Å²) < 4.78 is 40.3. The number of para-hydroxylation sites is 1. The minimum Gasteiger partial charge on any atom is -0.337 e. The lowest BCUT2D eigenvalue weighted by molar-refractivity contribution is -0.142. The van der Waals surface area contributed by atoms with Crippen LogP contribution in [0.1, 0.15) is 21.6 Å². The van der Waals surface area contributed by atoms with Crippen molar-refractivity contribution in [3.05, 3.63) is 71.8 Å². The van der Waals surface area contributed by atoms with Crippen LogP contribution in [-0.4, -0.2) is 38.4 Å². The number of aryl methyl sites for hydroxylation is 1. The maximum Gasteiger partial charge on any atom is 0.408 e. The Balaban J connectivity index is 1.80. The molecule has 2 aromatic heterocycles. The normalized spacial score (nSPS) is 11.6. The molecule has 0 radical (unpaired) electrons. The van der Waals surface area contributed by atoms with E-state index in [1.165, 1.54) is 11.8 Å². The van der Waals surface area contributed by atoms with E-state index in [0.29, 0.717) is 6.54 Å². The fraction of sp³-hybridized carbons (Fsp3) is 0.263. The van der Waals surface area contributed by atoms with Crippen LogP contribution in [0.2, 0.25) is 0 Å². The minimum absolute atomic E-state index is 0.167. The Hall–Kier alpha value is -3.03. The second-order valence-electron chi connectivity index (χ2n) is 6.32. The topological polar surface area (TPSA) is 43.1 Å². The standard InChI is InChI=1S/C19H19F3N4O/c1-14-16(12-26(23-14)13-19(20,21)22)18(27)24(2)11-15-7-3-4-8-17(15)25-9-5-6-10-25/h3-10,12H,11,13H2,1-2H3. The molecule has 3 rings (SSSR count). The lowest BCUT2D eigenvalue weighted by Gasteiger charge is -2.19. The molecule has 27 heavy (non-hydrogen) atoms. The number of hydrogen-bond acceptors (Lipinski definition) is 2.